The van der Waals surface area contributed by atoms with Crippen molar-refractivity contribution in [1.29, 1.82) is 0 Å². The predicted molar refractivity (Wildman–Crippen MR) is 128 cm³/mol. The van der Waals surface area contributed by atoms with Crippen LogP contribution >= 0.6 is 11.6 Å². The van der Waals surface area contributed by atoms with Crippen molar-refractivity contribution in [3.8, 4) is 11.3 Å². The third kappa shape index (κ3) is 5.01. The number of benzene rings is 1. The molecule has 4 rings (SSSR count). The molecule has 0 unspecified atom stereocenters. The van der Waals surface area contributed by atoms with E-state index in [1.165, 1.54) is 12.3 Å². The number of pyridine rings is 1. The maximum atomic E-state index is 12.4. The summed E-state index contributed by atoms with van der Waals surface area (Å²) in [6, 6.07) is 12.3. The molecule has 168 valence electrons. The van der Waals surface area contributed by atoms with Crippen molar-refractivity contribution in [2.24, 2.45) is 5.41 Å². The molecule has 0 aliphatic rings. The molecule has 2 amide bonds. The molecule has 0 bridgehead atoms. The first-order valence-corrected chi connectivity index (χ1v) is 10.7. The molecule has 0 aliphatic carbocycles. The van der Waals surface area contributed by atoms with Gasteiger partial charge in [0.1, 0.15) is 5.69 Å². The lowest BCUT2D eigenvalue weighted by atomic mass is 9.95. The molecule has 2 N–H and O–H groups in total. The number of hydrogen-bond acceptors (Lipinski definition) is 5. The first-order chi connectivity index (χ1) is 15.6. The van der Waals surface area contributed by atoms with Crippen LogP contribution in [0.5, 0.6) is 0 Å². The van der Waals surface area contributed by atoms with Crippen LogP contribution < -0.4 is 10.6 Å². The number of nitrogens with zero attached hydrogens (tertiary/aromatic N) is 4. The Labute approximate surface area is 196 Å². The molecule has 0 radical (unpaired) electrons. The van der Waals surface area contributed by atoms with Crippen LogP contribution in [0.15, 0.2) is 54.9 Å². The largest absolute Gasteiger partial charge is 0.325 e. The Morgan fingerprint density at radius 2 is 1.82 bits per heavy atom. The van der Waals surface area contributed by atoms with E-state index in [1.54, 1.807) is 28.9 Å². The number of anilines is 2. The average Bonchev–Trinajstić information content (AvgIpc) is 3.18. The number of aromatic nitrogens is 4. The molecule has 4 aromatic rings. The average molecular weight is 463 g/mol. The first kappa shape index (κ1) is 22.4. The molecule has 33 heavy (non-hydrogen) atoms. The number of fused-ring (bicyclic) bond motifs is 1. The van der Waals surface area contributed by atoms with Crippen molar-refractivity contribution in [2.75, 3.05) is 10.6 Å². The number of carbonyl (C=O) groups is 2. The molecule has 3 aromatic heterocycles. The van der Waals surface area contributed by atoms with Gasteiger partial charge in [0.05, 0.1) is 11.9 Å². The number of amides is 2. The van der Waals surface area contributed by atoms with E-state index in [4.69, 9.17) is 11.6 Å². The van der Waals surface area contributed by atoms with Crippen LogP contribution in [-0.2, 0) is 4.79 Å². The molecular weight excluding hydrogens is 440 g/mol. The Morgan fingerprint density at radius 1 is 1.03 bits per heavy atom. The highest BCUT2D eigenvalue weighted by Crippen LogP contribution is 2.27. The van der Waals surface area contributed by atoms with E-state index in [-0.39, 0.29) is 11.6 Å². The summed E-state index contributed by atoms with van der Waals surface area (Å²) < 4.78 is 1.59. The smallest absolute Gasteiger partial charge is 0.275 e. The fourth-order valence-electron chi connectivity index (χ4n) is 3.02. The van der Waals surface area contributed by atoms with Crippen molar-refractivity contribution < 1.29 is 9.59 Å². The number of aryl methyl sites for hydroxylation is 1. The van der Waals surface area contributed by atoms with E-state index in [1.807, 2.05) is 45.9 Å². The van der Waals surface area contributed by atoms with Gasteiger partial charge in [0.15, 0.2) is 11.5 Å². The lowest BCUT2D eigenvalue weighted by molar-refractivity contribution is -0.123. The molecule has 0 aliphatic heterocycles. The number of imidazole rings is 1. The van der Waals surface area contributed by atoms with Gasteiger partial charge < -0.3 is 10.6 Å². The fourth-order valence-corrected chi connectivity index (χ4v) is 3.18. The van der Waals surface area contributed by atoms with Crippen molar-refractivity contribution in [2.45, 2.75) is 27.7 Å². The van der Waals surface area contributed by atoms with E-state index < -0.39 is 11.3 Å². The summed E-state index contributed by atoms with van der Waals surface area (Å²) >= 11 is 5.93. The molecule has 0 spiro atoms. The number of halogens is 1. The van der Waals surface area contributed by atoms with E-state index in [0.717, 1.165) is 16.8 Å². The molecule has 1 aromatic carbocycles. The summed E-state index contributed by atoms with van der Waals surface area (Å²) in [6.45, 7) is 7.55. The van der Waals surface area contributed by atoms with E-state index in [0.29, 0.717) is 22.2 Å². The van der Waals surface area contributed by atoms with Gasteiger partial charge in [-0.15, -0.1) is 5.10 Å². The zero-order chi connectivity index (χ0) is 23.8. The topological polar surface area (TPSA) is 101 Å². The summed E-state index contributed by atoms with van der Waals surface area (Å²) in [7, 11) is 0. The normalized spacial score (nSPS) is 11.4. The van der Waals surface area contributed by atoms with E-state index in [2.05, 4.69) is 25.7 Å². The highest BCUT2D eigenvalue weighted by Gasteiger charge is 2.22. The molecule has 0 fully saturated rings. The van der Waals surface area contributed by atoms with Gasteiger partial charge in [0.2, 0.25) is 5.91 Å². The third-order valence-corrected chi connectivity index (χ3v) is 5.21. The van der Waals surface area contributed by atoms with Crippen LogP contribution in [0.2, 0.25) is 5.02 Å². The van der Waals surface area contributed by atoms with Gasteiger partial charge in [-0.25, -0.2) is 9.50 Å². The predicted octanol–water partition coefficient (Wildman–Crippen LogP) is 4.99. The van der Waals surface area contributed by atoms with Crippen LogP contribution in [0.25, 0.3) is 16.9 Å². The van der Waals surface area contributed by atoms with E-state index >= 15 is 0 Å². The Bertz CT molecular complexity index is 1370. The van der Waals surface area contributed by atoms with Gasteiger partial charge >= 0.3 is 0 Å². The number of rotatable bonds is 4. The summed E-state index contributed by atoms with van der Waals surface area (Å²) in [5, 5.41) is 10.6. The maximum Gasteiger partial charge on any atom is 0.275 e. The first-order valence-electron chi connectivity index (χ1n) is 10.3. The molecule has 0 saturated heterocycles. The lowest BCUT2D eigenvalue weighted by Crippen LogP contribution is -2.27. The second-order valence-corrected chi connectivity index (χ2v) is 9.13. The Morgan fingerprint density at radius 3 is 2.55 bits per heavy atom. The summed E-state index contributed by atoms with van der Waals surface area (Å²) in [4.78, 5) is 33.5. The third-order valence-electron chi connectivity index (χ3n) is 4.98. The van der Waals surface area contributed by atoms with Gasteiger partial charge in [0.25, 0.3) is 5.91 Å². The van der Waals surface area contributed by atoms with Gasteiger partial charge in [-0.2, -0.15) is 0 Å². The van der Waals surface area contributed by atoms with Gasteiger partial charge in [-0.05, 0) is 42.8 Å². The zero-order valence-electron chi connectivity index (χ0n) is 18.7. The minimum atomic E-state index is -0.503. The van der Waals surface area contributed by atoms with Gasteiger partial charge in [-0.1, -0.05) is 44.5 Å². The fraction of sp³-hybridized carbons (Fsp3) is 0.208. The van der Waals surface area contributed by atoms with Crippen molar-refractivity contribution in [3.63, 3.8) is 0 Å². The van der Waals surface area contributed by atoms with Gasteiger partial charge in [-0.3, -0.25) is 14.6 Å². The molecule has 0 saturated carbocycles. The standard InChI is InChI=1S/C24H23ClN6O2/c1-14-5-6-15(11-17(14)28-23(33)24(2,3)4)19-13-31-21(27-19)8-7-20(30-31)29-22(32)18-12-16(25)9-10-26-18/h5-13H,1-4H3,(H,28,33)(H,29,30,32). The number of carbonyl (C=O) groups excluding carboxylic acids is 2. The molecule has 8 nitrogen and oxygen atoms in total. The molecular formula is C24H23ClN6O2. The SMILES string of the molecule is Cc1ccc(-c2cn3nc(NC(=O)c4cc(Cl)ccn4)ccc3n2)cc1NC(=O)C(C)(C)C. The van der Waals surface area contributed by atoms with Crippen LogP contribution in [-0.4, -0.2) is 31.4 Å². The zero-order valence-corrected chi connectivity index (χ0v) is 19.4. The second-order valence-electron chi connectivity index (χ2n) is 8.69. The summed E-state index contributed by atoms with van der Waals surface area (Å²) in [5.74, 6) is -0.128. The Hall–Kier alpha value is -3.78. The van der Waals surface area contributed by atoms with Crippen LogP contribution in [0.3, 0.4) is 0 Å². The highest BCUT2D eigenvalue weighted by molar-refractivity contribution is 6.30. The Kier molecular flexibility index (Phi) is 5.86. The van der Waals surface area contributed by atoms with Crippen molar-refractivity contribution in [1.82, 2.24) is 19.6 Å². The van der Waals surface area contributed by atoms with Crippen molar-refractivity contribution in [3.05, 3.63) is 71.1 Å². The lowest BCUT2D eigenvalue weighted by Gasteiger charge is -2.19. The maximum absolute atomic E-state index is 12.4. The molecule has 0 atom stereocenters. The summed E-state index contributed by atoms with van der Waals surface area (Å²) in [6.07, 6.45) is 3.23. The monoisotopic (exact) mass is 462 g/mol. The van der Waals surface area contributed by atoms with Crippen LogP contribution in [0.1, 0.15) is 36.8 Å². The number of hydrogen-bond donors (Lipinski definition) is 2. The van der Waals surface area contributed by atoms with Gasteiger partial charge in [0, 0.05) is 27.9 Å². The van der Waals surface area contributed by atoms with Crippen LogP contribution in [0.4, 0.5) is 11.5 Å². The van der Waals surface area contributed by atoms with Crippen molar-refractivity contribution >= 4 is 40.6 Å². The van der Waals surface area contributed by atoms with Crippen LogP contribution in [0, 0.1) is 12.3 Å². The highest BCUT2D eigenvalue weighted by atomic mass is 35.5. The number of nitrogens with one attached hydrogen (secondary N) is 2. The molecule has 9 heteroatoms. The minimum absolute atomic E-state index is 0.0611. The van der Waals surface area contributed by atoms with E-state index in [9.17, 15) is 9.59 Å². The Balaban J connectivity index is 1.59. The second kappa shape index (κ2) is 8.63. The quantitative estimate of drug-likeness (QED) is 0.445. The molecule has 3 heterocycles. The minimum Gasteiger partial charge on any atom is -0.325 e. The summed E-state index contributed by atoms with van der Waals surface area (Å²) in [5.41, 5.74) is 3.52.